The number of aromatic nitrogens is 3. The van der Waals surface area contributed by atoms with Gasteiger partial charge in [-0.1, -0.05) is 0 Å². The number of pyridine rings is 3. The highest BCUT2D eigenvalue weighted by atomic mass is 14.7. The third-order valence-electron chi connectivity index (χ3n) is 2.14. The van der Waals surface area contributed by atoms with Crippen molar-refractivity contribution in [2.45, 2.75) is 0 Å². The summed E-state index contributed by atoms with van der Waals surface area (Å²) < 4.78 is 0. The van der Waals surface area contributed by atoms with E-state index in [1.165, 1.54) is 0 Å². The van der Waals surface area contributed by atoms with E-state index in [0.717, 1.165) is 21.8 Å². The van der Waals surface area contributed by atoms with Gasteiger partial charge in [-0.2, -0.15) is 0 Å². The van der Waals surface area contributed by atoms with E-state index in [4.69, 9.17) is 0 Å². The maximum atomic E-state index is 4.47. The molecule has 0 aromatic carbocycles. The Bertz CT molecular complexity index is 499. The molecule has 14 heavy (non-hydrogen) atoms. The molecule has 0 aliphatic carbocycles. The summed E-state index contributed by atoms with van der Waals surface area (Å²) in [5.41, 5.74) is 1.87. The van der Waals surface area contributed by atoms with Crippen LogP contribution in [0.15, 0.2) is 36.8 Å². The summed E-state index contributed by atoms with van der Waals surface area (Å²) in [4.78, 5) is 12.4. The molecule has 0 N–H and O–H groups in total. The van der Waals surface area contributed by atoms with Gasteiger partial charge in [0.15, 0.2) is 0 Å². The second-order valence-electron chi connectivity index (χ2n) is 3.05. The molecule has 3 nitrogen and oxygen atoms in total. The Labute approximate surface area is 80.5 Å². The molecule has 0 aliphatic heterocycles. The highest BCUT2D eigenvalue weighted by Gasteiger charge is 1.98. The molecule has 65 valence electrons. The van der Waals surface area contributed by atoms with Crippen molar-refractivity contribution in [1.82, 2.24) is 15.0 Å². The summed E-state index contributed by atoms with van der Waals surface area (Å²) in [6.45, 7) is 0. The average Bonchev–Trinajstić information content (AvgIpc) is 2.26. The minimum atomic E-state index is 0.915. The van der Waals surface area contributed by atoms with Crippen LogP contribution in [0.3, 0.4) is 0 Å². The van der Waals surface area contributed by atoms with Gasteiger partial charge in [-0.25, -0.2) is 4.98 Å². The van der Waals surface area contributed by atoms with Crippen LogP contribution in [0.5, 0.6) is 0 Å². The topological polar surface area (TPSA) is 38.7 Å². The van der Waals surface area contributed by atoms with E-state index in [1.807, 2.05) is 18.2 Å². The van der Waals surface area contributed by atoms with E-state index in [0.29, 0.717) is 0 Å². The van der Waals surface area contributed by atoms with Crippen molar-refractivity contribution < 1.29 is 0 Å². The lowest BCUT2D eigenvalue weighted by Gasteiger charge is -1.98. The summed E-state index contributed by atoms with van der Waals surface area (Å²) in [5, 5.41) is 1.94. The first-order chi connectivity index (χ1) is 6.93. The first-order valence-corrected chi connectivity index (χ1v) is 4.31. The van der Waals surface area contributed by atoms with Crippen LogP contribution < -0.4 is 0 Å². The van der Waals surface area contributed by atoms with Gasteiger partial charge < -0.3 is 0 Å². The maximum Gasteiger partial charge on any atom is 0.0987 e. The maximum absolute atomic E-state index is 4.47. The van der Waals surface area contributed by atoms with Crippen LogP contribution in [-0.2, 0) is 0 Å². The van der Waals surface area contributed by atoms with Crippen molar-refractivity contribution in [3.63, 3.8) is 0 Å². The molecule has 0 spiro atoms. The first kappa shape index (κ1) is 7.38. The molecule has 3 aromatic heterocycles. The lowest BCUT2D eigenvalue weighted by molar-refractivity contribution is 1.31. The standard InChI is InChI=1S/C11H6N3/c1-3-12-6-8-5-9-7-13-4-2-11(9)14-10(1)8/h1-6H. The smallest absolute Gasteiger partial charge is 0.0987 e. The van der Waals surface area contributed by atoms with Crippen LogP contribution >= 0.6 is 0 Å². The summed E-state index contributed by atoms with van der Waals surface area (Å²) in [6.07, 6.45) is 8.14. The quantitative estimate of drug-likeness (QED) is 0.496. The number of fused-ring (bicyclic) bond motifs is 2. The molecular weight excluding hydrogens is 174 g/mol. The minimum Gasteiger partial charge on any atom is -0.264 e. The number of rotatable bonds is 0. The Morgan fingerprint density at radius 3 is 3.00 bits per heavy atom. The first-order valence-electron chi connectivity index (χ1n) is 4.31. The Morgan fingerprint density at radius 2 is 2.00 bits per heavy atom. The van der Waals surface area contributed by atoms with E-state index in [9.17, 15) is 0 Å². The van der Waals surface area contributed by atoms with E-state index in [1.54, 1.807) is 18.6 Å². The van der Waals surface area contributed by atoms with Crippen LogP contribution in [-0.4, -0.2) is 15.0 Å². The molecule has 0 saturated carbocycles. The molecule has 0 fully saturated rings. The third kappa shape index (κ3) is 1.03. The minimum absolute atomic E-state index is 0.915. The van der Waals surface area contributed by atoms with Crippen molar-refractivity contribution in [3.8, 4) is 0 Å². The summed E-state index contributed by atoms with van der Waals surface area (Å²) in [7, 11) is 0. The van der Waals surface area contributed by atoms with Gasteiger partial charge in [0.1, 0.15) is 0 Å². The molecule has 0 amide bonds. The number of hydrogen-bond acceptors (Lipinski definition) is 3. The monoisotopic (exact) mass is 180 g/mol. The van der Waals surface area contributed by atoms with Gasteiger partial charge in [0.05, 0.1) is 17.2 Å². The molecule has 0 unspecified atom stereocenters. The van der Waals surface area contributed by atoms with E-state index >= 15 is 0 Å². The molecule has 3 heterocycles. The van der Waals surface area contributed by atoms with E-state index < -0.39 is 0 Å². The van der Waals surface area contributed by atoms with Crippen LogP contribution in [0.1, 0.15) is 0 Å². The van der Waals surface area contributed by atoms with E-state index in [2.05, 4.69) is 21.1 Å². The van der Waals surface area contributed by atoms with Crippen molar-refractivity contribution in [1.29, 1.82) is 0 Å². The van der Waals surface area contributed by atoms with Crippen LogP contribution in [0.25, 0.3) is 21.8 Å². The predicted octanol–water partition coefficient (Wildman–Crippen LogP) is 1.98. The fourth-order valence-corrected chi connectivity index (χ4v) is 1.46. The Hall–Kier alpha value is -2.03. The molecule has 0 atom stereocenters. The van der Waals surface area contributed by atoms with Crippen molar-refractivity contribution in [3.05, 3.63) is 43.0 Å². The molecule has 0 bridgehead atoms. The zero-order chi connectivity index (χ0) is 9.38. The molecule has 1 radical (unpaired) electrons. The lowest BCUT2D eigenvalue weighted by Crippen LogP contribution is -1.84. The second-order valence-corrected chi connectivity index (χ2v) is 3.05. The Balaban J connectivity index is 2.52. The van der Waals surface area contributed by atoms with Gasteiger partial charge in [-0.3, -0.25) is 9.97 Å². The fraction of sp³-hybridized carbons (Fsp3) is 0. The van der Waals surface area contributed by atoms with Crippen LogP contribution in [0, 0.1) is 6.20 Å². The Kier molecular flexibility index (Phi) is 1.44. The van der Waals surface area contributed by atoms with Gasteiger partial charge in [-0.15, -0.1) is 0 Å². The molecule has 3 rings (SSSR count). The van der Waals surface area contributed by atoms with Gasteiger partial charge >= 0.3 is 0 Å². The van der Waals surface area contributed by atoms with Crippen LogP contribution in [0.4, 0.5) is 0 Å². The normalized spacial score (nSPS) is 10.9. The Morgan fingerprint density at radius 1 is 1.07 bits per heavy atom. The molecular formula is C11H6N3. The molecule has 3 heteroatoms. The SMILES string of the molecule is [c]1nccc2nc3ccncc3cc12. The van der Waals surface area contributed by atoms with Gasteiger partial charge in [0, 0.05) is 29.4 Å². The molecule has 0 saturated heterocycles. The van der Waals surface area contributed by atoms with Crippen molar-refractivity contribution >= 4 is 21.8 Å². The highest BCUT2D eigenvalue weighted by molar-refractivity contribution is 5.91. The van der Waals surface area contributed by atoms with Crippen molar-refractivity contribution in [2.24, 2.45) is 0 Å². The lowest BCUT2D eigenvalue weighted by atomic mass is 10.2. The zero-order valence-corrected chi connectivity index (χ0v) is 7.31. The number of nitrogens with zero attached hydrogens (tertiary/aromatic N) is 3. The van der Waals surface area contributed by atoms with Gasteiger partial charge in [0.25, 0.3) is 0 Å². The summed E-state index contributed by atoms with van der Waals surface area (Å²) >= 11 is 0. The molecule has 0 aliphatic rings. The zero-order valence-electron chi connectivity index (χ0n) is 7.31. The largest absolute Gasteiger partial charge is 0.264 e. The van der Waals surface area contributed by atoms with Crippen LogP contribution in [0.2, 0.25) is 0 Å². The van der Waals surface area contributed by atoms with Gasteiger partial charge in [-0.05, 0) is 18.2 Å². The fourth-order valence-electron chi connectivity index (χ4n) is 1.46. The average molecular weight is 180 g/mol. The number of hydrogen-bond donors (Lipinski definition) is 0. The third-order valence-corrected chi connectivity index (χ3v) is 2.14. The highest BCUT2D eigenvalue weighted by Crippen LogP contribution is 2.16. The van der Waals surface area contributed by atoms with Crippen molar-refractivity contribution in [2.75, 3.05) is 0 Å². The summed E-state index contributed by atoms with van der Waals surface area (Å²) in [6, 6.07) is 5.78. The summed E-state index contributed by atoms with van der Waals surface area (Å²) in [5.74, 6) is 0. The van der Waals surface area contributed by atoms with E-state index in [-0.39, 0.29) is 0 Å². The molecule has 3 aromatic rings. The van der Waals surface area contributed by atoms with Gasteiger partial charge in [0.2, 0.25) is 0 Å². The predicted molar refractivity (Wildman–Crippen MR) is 53.7 cm³/mol. The second kappa shape index (κ2) is 2.73.